The van der Waals surface area contributed by atoms with E-state index in [1.807, 2.05) is 0 Å². The summed E-state index contributed by atoms with van der Waals surface area (Å²) >= 11 is 0. The van der Waals surface area contributed by atoms with Gasteiger partial charge in [-0.3, -0.25) is 4.79 Å². The smallest absolute Gasteiger partial charge is 0.408 e. The Labute approximate surface area is 232 Å². The number of nitrogens with zero attached hydrogens (tertiary/aromatic N) is 1. The van der Waals surface area contributed by atoms with Gasteiger partial charge in [0.2, 0.25) is 15.8 Å². The summed E-state index contributed by atoms with van der Waals surface area (Å²) in [5, 5.41) is 2.28. The second-order valence-corrected chi connectivity index (χ2v) is 11.4. The lowest BCUT2D eigenvalue weighted by atomic mass is 9.98. The van der Waals surface area contributed by atoms with Crippen molar-refractivity contribution >= 4 is 21.9 Å². The SMILES string of the molecule is O=C(N[C@@H](Cc1ccccc1)C(=O)C(F)(F)CN(Cc1ccccc1)S(=O)(=O)c1ccccc1)O[C@H]1CCOC1. The van der Waals surface area contributed by atoms with E-state index in [-0.39, 0.29) is 24.5 Å². The van der Waals surface area contributed by atoms with E-state index in [4.69, 9.17) is 9.47 Å². The fourth-order valence-electron chi connectivity index (χ4n) is 4.30. The van der Waals surface area contributed by atoms with Gasteiger partial charge in [0.15, 0.2) is 0 Å². The van der Waals surface area contributed by atoms with Gasteiger partial charge in [0, 0.05) is 19.4 Å². The molecule has 1 aliphatic heterocycles. The van der Waals surface area contributed by atoms with E-state index in [0.29, 0.717) is 28.5 Å². The van der Waals surface area contributed by atoms with Crippen LogP contribution in [0.1, 0.15) is 17.5 Å². The molecule has 8 nitrogen and oxygen atoms in total. The van der Waals surface area contributed by atoms with Crippen molar-refractivity contribution in [2.45, 2.75) is 42.4 Å². The molecule has 0 radical (unpaired) electrons. The molecule has 1 aliphatic rings. The van der Waals surface area contributed by atoms with E-state index >= 15 is 8.78 Å². The molecule has 3 aromatic rings. The highest BCUT2D eigenvalue weighted by atomic mass is 32.2. The number of halogens is 2. The minimum Gasteiger partial charge on any atom is -0.444 e. The van der Waals surface area contributed by atoms with Crippen LogP contribution in [0.2, 0.25) is 0 Å². The number of hydrogen-bond acceptors (Lipinski definition) is 6. The Morgan fingerprint density at radius 3 is 2.10 bits per heavy atom. The lowest BCUT2D eigenvalue weighted by Crippen LogP contribution is -2.54. The van der Waals surface area contributed by atoms with Gasteiger partial charge in [-0.1, -0.05) is 78.9 Å². The van der Waals surface area contributed by atoms with Crippen molar-refractivity contribution < 1.29 is 36.3 Å². The van der Waals surface area contributed by atoms with Crippen LogP contribution in [0.3, 0.4) is 0 Å². The number of Topliss-reactive ketones (excluding diaryl/α,β-unsaturated/α-hetero) is 1. The number of rotatable bonds is 12. The fourth-order valence-corrected chi connectivity index (χ4v) is 5.75. The molecule has 4 rings (SSSR count). The molecule has 11 heteroatoms. The Kier molecular flexibility index (Phi) is 9.62. The second kappa shape index (κ2) is 13.1. The van der Waals surface area contributed by atoms with Crippen LogP contribution in [0.15, 0.2) is 95.9 Å². The number of alkyl halides is 2. The quantitative estimate of drug-likeness (QED) is 0.349. The van der Waals surface area contributed by atoms with E-state index < -0.39 is 46.5 Å². The van der Waals surface area contributed by atoms with Crippen LogP contribution in [0.5, 0.6) is 0 Å². The highest BCUT2D eigenvalue weighted by Crippen LogP contribution is 2.26. The van der Waals surface area contributed by atoms with E-state index in [2.05, 4.69) is 5.32 Å². The number of nitrogens with one attached hydrogen (secondary N) is 1. The standard InChI is InChI=1S/C29H30F2N2O6S/c30-29(31,21-33(19-23-12-6-2-7-13-23)40(36,37)25-14-8-3-9-15-25)27(34)26(18-22-10-4-1-5-11-22)32-28(35)39-24-16-17-38-20-24/h1-15,24,26H,16-21H2,(H,32,35)/t24-,26-/m0/s1. The molecule has 1 saturated heterocycles. The van der Waals surface area contributed by atoms with E-state index in [9.17, 15) is 18.0 Å². The van der Waals surface area contributed by atoms with Gasteiger partial charge in [-0.2, -0.15) is 13.1 Å². The molecule has 0 saturated carbocycles. The Morgan fingerprint density at radius 2 is 1.52 bits per heavy atom. The number of sulfonamides is 1. The van der Waals surface area contributed by atoms with E-state index in [1.165, 1.54) is 24.3 Å². The summed E-state index contributed by atoms with van der Waals surface area (Å²) in [5.74, 6) is -5.78. The normalized spacial score (nSPS) is 16.4. The van der Waals surface area contributed by atoms with Crippen molar-refractivity contribution in [3.8, 4) is 0 Å². The first kappa shape index (κ1) is 29.3. The molecule has 3 aromatic carbocycles. The summed E-state index contributed by atoms with van der Waals surface area (Å²) in [6, 6.07) is 22.1. The molecule has 1 amide bonds. The molecule has 0 bridgehead atoms. The summed E-state index contributed by atoms with van der Waals surface area (Å²) in [6.07, 6.45) is -1.37. The zero-order valence-corrected chi connectivity index (χ0v) is 22.4. The maximum atomic E-state index is 15.8. The lowest BCUT2D eigenvalue weighted by Gasteiger charge is -2.29. The van der Waals surface area contributed by atoms with Crippen molar-refractivity contribution in [1.29, 1.82) is 0 Å². The molecule has 0 aromatic heterocycles. The number of carbonyl (C=O) groups excluding carboxylic acids is 2. The minimum absolute atomic E-state index is 0.173. The Bertz CT molecular complexity index is 1370. The van der Waals surface area contributed by atoms with Crippen LogP contribution in [-0.4, -0.2) is 62.4 Å². The number of ketones is 1. The summed E-state index contributed by atoms with van der Waals surface area (Å²) in [6.45, 7) is -1.24. The predicted octanol–water partition coefficient (Wildman–Crippen LogP) is 4.21. The van der Waals surface area contributed by atoms with Crippen LogP contribution in [0.25, 0.3) is 0 Å². The van der Waals surface area contributed by atoms with E-state index in [0.717, 1.165) is 0 Å². The monoisotopic (exact) mass is 572 g/mol. The van der Waals surface area contributed by atoms with Crippen molar-refractivity contribution in [3.05, 3.63) is 102 Å². The Hall–Kier alpha value is -3.67. The number of hydrogen-bond donors (Lipinski definition) is 1. The zero-order chi connectivity index (χ0) is 28.6. The number of alkyl carbamates (subject to hydrolysis) is 1. The fraction of sp³-hybridized carbons (Fsp3) is 0.310. The molecular weight excluding hydrogens is 542 g/mol. The summed E-state index contributed by atoms with van der Waals surface area (Å²) in [4.78, 5) is 25.7. The van der Waals surface area contributed by atoms with Crippen LogP contribution >= 0.6 is 0 Å². The van der Waals surface area contributed by atoms with Crippen LogP contribution in [-0.2, 0) is 37.3 Å². The molecule has 212 valence electrons. The van der Waals surface area contributed by atoms with Gasteiger partial charge < -0.3 is 14.8 Å². The van der Waals surface area contributed by atoms with Crippen molar-refractivity contribution in [2.75, 3.05) is 19.8 Å². The third-order valence-corrected chi connectivity index (χ3v) is 8.18. The topological polar surface area (TPSA) is 102 Å². The first-order valence-corrected chi connectivity index (χ1v) is 14.2. The van der Waals surface area contributed by atoms with Gasteiger partial charge in [-0.05, 0) is 23.3 Å². The maximum absolute atomic E-state index is 15.8. The molecule has 0 spiro atoms. The van der Waals surface area contributed by atoms with Gasteiger partial charge in [0.05, 0.1) is 24.7 Å². The number of carbonyl (C=O) groups is 2. The summed E-state index contributed by atoms with van der Waals surface area (Å²) in [5.41, 5.74) is 0.991. The molecular formula is C29H30F2N2O6S. The highest BCUT2D eigenvalue weighted by molar-refractivity contribution is 7.89. The number of benzene rings is 3. The molecule has 0 aliphatic carbocycles. The van der Waals surface area contributed by atoms with Gasteiger partial charge >= 0.3 is 12.0 Å². The summed E-state index contributed by atoms with van der Waals surface area (Å²) < 4.78 is 69.4. The highest BCUT2D eigenvalue weighted by Gasteiger charge is 2.47. The van der Waals surface area contributed by atoms with Gasteiger partial charge in [0.1, 0.15) is 12.1 Å². The van der Waals surface area contributed by atoms with E-state index in [1.54, 1.807) is 66.7 Å². The summed E-state index contributed by atoms with van der Waals surface area (Å²) in [7, 11) is -4.41. The molecule has 1 fully saturated rings. The van der Waals surface area contributed by atoms with Crippen molar-refractivity contribution in [2.24, 2.45) is 0 Å². The van der Waals surface area contributed by atoms with Gasteiger partial charge in [-0.25, -0.2) is 13.2 Å². The largest absolute Gasteiger partial charge is 0.444 e. The van der Waals surface area contributed by atoms with Crippen LogP contribution in [0, 0.1) is 0 Å². The van der Waals surface area contributed by atoms with Crippen molar-refractivity contribution in [3.63, 3.8) is 0 Å². The first-order valence-electron chi connectivity index (χ1n) is 12.8. The van der Waals surface area contributed by atoms with Gasteiger partial charge in [-0.15, -0.1) is 0 Å². The number of amides is 1. The van der Waals surface area contributed by atoms with Crippen LogP contribution in [0.4, 0.5) is 13.6 Å². The average Bonchev–Trinajstić information content (AvgIpc) is 3.46. The van der Waals surface area contributed by atoms with Gasteiger partial charge in [0.25, 0.3) is 0 Å². The second-order valence-electron chi connectivity index (χ2n) is 9.42. The van der Waals surface area contributed by atoms with Crippen LogP contribution < -0.4 is 5.32 Å². The zero-order valence-electron chi connectivity index (χ0n) is 21.6. The maximum Gasteiger partial charge on any atom is 0.408 e. The Morgan fingerprint density at radius 1 is 0.950 bits per heavy atom. The Balaban J connectivity index is 1.60. The first-order chi connectivity index (χ1) is 19.1. The molecule has 2 atom stereocenters. The van der Waals surface area contributed by atoms with Crippen molar-refractivity contribution in [1.82, 2.24) is 9.62 Å². The lowest BCUT2D eigenvalue weighted by molar-refractivity contribution is -0.146. The number of ether oxygens (including phenoxy) is 2. The average molecular weight is 573 g/mol. The molecule has 1 N–H and O–H groups in total. The minimum atomic E-state index is -4.41. The third kappa shape index (κ3) is 7.71. The molecule has 1 heterocycles. The predicted molar refractivity (Wildman–Crippen MR) is 143 cm³/mol. The molecule has 40 heavy (non-hydrogen) atoms. The molecule has 0 unspecified atom stereocenters. The third-order valence-electron chi connectivity index (χ3n) is 6.37.